The maximum atomic E-state index is 12.0. The molecule has 0 spiro atoms. The minimum atomic E-state index is -1.00. The van der Waals surface area contributed by atoms with Gasteiger partial charge in [0.15, 0.2) is 11.0 Å². The molecule has 0 aliphatic heterocycles. The van der Waals surface area contributed by atoms with E-state index in [1.807, 2.05) is 13.8 Å². The van der Waals surface area contributed by atoms with E-state index in [0.717, 1.165) is 11.8 Å². The molecule has 0 radical (unpaired) electrons. The molecule has 1 rings (SSSR count). The lowest BCUT2D eigenvalue weighted by molar-refractivity contribution is -0.145. The van der Waals surface area contributed by atoms with Crippen LogP contribution < -0.4 is 0 Å². The van der Waals surface area contributed by atoms with Gasteiger partial charge in [0, 0.05) is 0 Å². The van der Waals surface area contributed by atoms with E-state index >= 15 is 0 Å². The maximum Gasteiger partial charge on any atom is 0.328 e. The average molecular weight is 317 g/mol. The van der Waals surface area contributed by atoms with Crippen LogP contribution in [0.4, 0.5) is 0 Å². The topological polar surface area (TPSA) is 115 Å². The number of ether oxygens (including phenoxy) is 1. The zero-order valence-electron chi connectivity index (χ0n) is 12.1. The number of hydrogen-bond acceptors (Lipinski definition) is 7. The van der Waals surface area contributed by atoms with Gasteiger partial charge in [0.05, 0.1) is 12.9 Å². The molecule has 9 heteroatoms. The second-order valence-electron chi connectivity index (χ2n) is 4.78. The number of rotatable bonds is 8. The molecule has 21 heavy (non-hydrogen) atoms. The van der Waals surface area contributed by atoms with Crippen molar-refractivity contribution in [1.82, 2.24) is 14.8 Å². The number of hydrogen-bond donors (Lipinski definition) is 2. The fourth-order valence-electron chi connectivity index (χ4n) is 1.84. The van der Waals surface area contributed by atoms with E-state index in [1.165, 1.54) is 11.7 Å². The Balaban J connectivity index is 3.16. The second kappa shape index (κ2) is 7.99. The van der Waals surface area contributed by atoms with Gasteiger partial charge in [-0.2, -0.15) is 0 Å². The summed E-state index contributed by atoms with van der Waals surface area (Å²) in [5.41, 5.74) is 0. The monoisotopic (exact) mass is 317 g/mol. The van der Waals surface area contributed by atoms with Crippen molar-refractivity contribution in [1.29, 1.82) is 0 Å². The summed E-state index contributed by atoms with van der Waals surface area (Å²) in [6.45, 7) is 3.50. The van der Waals surface area contributed by atoms with E-state index in [9.17, 15) is 14.7 Å². The van der Waals surface area contributed by atoms with E-state index in [-0.39, 0.29) is 22.7 Å². The van der Waals surface area contributed by atoms with Gasteiger partial charge < -0.3 is 14.9 Å². The lowest BCUT2D eigenvalue weighted by Crippen LogP contribution is -2.25. The number of carbonyl (C=O) groups is 2. The van der Waals surface area contributed by atoms with Crippen molar-refractivity contribution in [3.63, 3.8) is 0 Å². The summed E-state index contributed by atoms with van der Waals surface area (Å²) < 4.78 is 6.25. The van der Waals surface area contributed by atoms with Gasteiger partial charge in [-0.3, -0.25) is 9.36 Å². The Hall–Kier alpha value is -1.61. The van der Waals surface area contributed by atoms with Crippen LogP contribution in [-0.2, 0) is 20.9 Å². The first-order valence-corrected chi connectivity index (χ1v) is 7.36. The third-order valence-corrected chi connectivity index (χ3v) is 3.61. The van der Waals surface area contributed by atoms with Gasteiger partial charge >= 0.3 is 11.9 Å². The van der Waals surface area contributed by atoms with Gasteiger partial charge in [0.1, 0.15) is 12.6 Å². The molecule has 0 bridgehead atoms. The van der Waals surface area contributed by atoms with Crippen LogP contribution in [0.2, 0.25) is 0 Å². The minimum Gasteiger partial charge on any atom is -0.481 e. The van der Waals surface area contributed by atoms with Gasteiger partial charge in [0.25, 0.3) is 0 Å². The van der Waals surface area contributed by atoms with E-state index < -0.39 is 24.6 Å². The van der Waals surface area contributed by atoms with Crippen LogP contribution in [0.15, 0.2) is 5.16 Å². The van der Waals surface area contributed by atoms with Crippen molar-refractivity contribution in [2.75, 3.05) is 12.9 Å². The van der Waals surface area contributed by atoms with Crippen molar-refractivity contribution in [3.8, 4) is 0 Å². The molecule has 1 unspecified atom stereocenters. The normalized spacial score (nSPS) is 12.4. The van der Waals surface area contributed by atoms with Crippen molar-refractivity contribution in [2.24, 2.45) is 5.92 Å². The number of aromatic nitrogens is 3. The molecule has 0 aromatic carbocycles. The SMILES string of the molecule is COC(=O)C(CC(C)C)n1c(CO)nnc1SCC(=O)O. The van der Waals surface area contributed by atoms with E-state index in [0.29, 0.717) is 6.42 Å². The molecule has 0 fully saturated rings. The Morgan fingerprint density at radius 2 is 2.05 bits per heavy atom. The average Bonchev–Trinajstić information content (AvgIpc) is 2.84. The van der Waals surface area contributed by atoms with E-state index in [1.54, 1.807) is 0 Å². The van der Waals surface area contributed by atoms with Crippen LogP contribution in [0.3, 0.4) is 0 Å². The van der Waals surface area contributed by atoms with Crippen LogP contribution in [-0.4, -0.2) is 49.8 Å². The predicted molar refractivity (Wildman–Crippen MR) is 74.8 cm³/mol. The van der Waals surface area contributed by atoms with E-state index in [2.05, 4.69) is 10.2 Å². The van der Waals surface area contributed by atoms with Crippen LogP contribution >= 0.6 is 11.8 Å². The van der Waals surface area contributed by atoms with E-state index in [4.69, 9.17) is 9.84 Å². The summed E-state index contributed by atoms with van der Waals surface area (Å²) >= 11 is 0.946. The summed E-state index contributed by atoms with van der Waals surface area (Å²) in [6, 6.07) is -0.691. The Kier molecular flexibility index (Phi) is 6.63. The molecule has 1 atom stereocenters. The number of aliphatic hydroxyl groups excluding tert-OH is 1. The number of carboxylic acid groups (broad SMARTS) is 1. The van der Waals surface area contributed by atoms with Crippen LogP contribution in [0.5, 0.6) is 0 Å². The quantitative estimate of drug-likeness (QED) is 0.532. The molecule has 0 aliphatic rings. The minimum absolute atomic E-state index is 0.195. The van der Waals surface area contributed by atoms with Gasteiger partial charge in [-0.15, -0.1) is 10.2 Å². The summed E-state index contributed by atoms with van der Waals surface area (Å²) in [7, 11) is 1.28. The third-order valence-electron chi connectivity index (χ3n) is 2.68. The molecule has 0 amide bonds. The first kappa shape index (κ1) is 17.4. The molecule has 2 N–H and O–H groups in total. The molecule has 1 heterocycles. The van der Waals surface area contributed by atoms with Crippen molar-refractivity contribution in [3.05, 3.63) is 5.82 Å². The van der Waals surface area contributed by atoms with Crippen molar-refractivity contribution >= 4 is 23.7 Å². The van der Waals surface area contributed by atoms with Crippen LogP contribution in [0, 0.1) is 5.92 Å². The summed E-state index contributed by atoms with van der Waals surface area (Å²) in [5, 5.41) is 26.0. The predicted octanol–water partition coefficient (Wildman–Crippen LogP) is 0.707. The lowest BCUT2D eigenvalue weighted by atomic mass is 10.0. The molecule has 0 aliphatic carbocycles. The number of aliphatic carboxylic acids is 1. The molecular formula is C12H19N3O5S. The third kappa shape index (κ3) is 4.71. The zero-order valence-corrected chi connectivity index (χ0v) is 13.0. The number of aliphatic hydroxyl groups is 1. The van der Waals surface area contributed by atoms with Crippen molar-refractivity contribution < 1.29 is 24.5 Å². The molecule has 118 valence electrons. The largest absolute Gasteiger partial charge is 0.481 e. The first-order chi connectivity index (χ1) is 9.90. The Bertz CT molecular complexity index is 503. The highest BCUT2D eigenvalue weighted by atomic mass is 32.2. The number of carbonyl (C=O) groups excluding carboxylic acids is 1. The fraction of sp³-hybridized carbons (Fsp3) is 0.667. The number of carboxylic acids is 1. The Morgan fingerprint density at radius 3 is 2.52 bits per heavy atom. The molecular weight excluding hydrogens is 298 g/mol. The number of esters is 1. The number of nitrogens with zero attached hydrogens (tertiary/aromatic N) is 3. The summed E-state index contributed by atoms with van der Waals surface area (Å²) in [5.74, 6) is -1.28. The Labute approximate surface area is 126 Å². The van der Waals surface area contributed by atoms with Gasteiger partial charge in [-0.1, -0.05) is 25.6 Å². The highest BCUT2D eigenvalue weighted by Gasteiger charge is 2.28. The standard InChI is InChI=1S/C12H19N3O5S/c1-7(2)4-8(11(19)20-3)15-9(5-16)13-14-12(15)21-6-10(17)18/h7-8,16H,4-6H2,1-3H3,(H,17,18). The molecule has 1 aromatic rings. The fourth-order valence-corrected chi connectivity index (χ4v) is 2.57. The number of thioether (sulfide) groups is 1. The highest BCUT2D eigenvalue weighted by Crippen LogP contribution is 2.27. The summed E-state index contributed by atoms with van der Waals surface area (Å²) in [6.07, 6.45) is 0.471. The first-order valence-electron chi connectivity index (χ1n) is 6.37. The molecule has 8 nitrogen and oxygen atoms in total. The maximum absolute atomic E-state index is 12.0. The van der Waals surface area contributed by atoms with Crippen LogP contribution in [0.25, 0.3) is 0 Å². The van der Waals surface area contributed by atoms with Gasteiger partial charge in [0.2, 0.25) is 0 Å². The Morgan fingerprint density at radius 1 is 1.38 bits per heavy atom. The van der Waals surface area contributed by atoms with Crippen LogP contribution in [0.1, 0.15) is 32.1 Å². The molecule has 1 aromatic heterocycles. The highest BCUT2D eigenvalue weighted by molar-refractivity contribution is 7.99. The lowest BCUT2D eigenvalue weighted by Gasteiger charge is -2.20. The summed E-state index contributed by atoms with van der Waals surface area (Å²) in [4.78, 5) is 22.7. The second-order valence-corrected chi connectivity index (χ2v) is 5.72. The van der Waals surface area contributed by atoms with Crippen molar-refractivity contribution in [2.45, 2.75) is 38.1 Å². The molecule has 0 saturated heterocycles. The zero-order chi connectivity index (χ0) is 16.0. The van der Waals surface area contributed by atoms with Gasteiger partial charge in [-0.25, -0.2) is 4.79 Å². The smallest absolute Gasteiger partial charge is 0.328 e. The number of methoxy groups -OCH3 is 1. The van der Waals surface area contributed by atoms with Gasteiger partial charge in [-0.05, 0) is 12.3 Å². The molecule has 0 saturated carbocycles.